The van der Waals surface area contributed by atoms with Crippen LogP contribution < -0.4 is 32.4 Å². The van der Waals surface area contributed by atoms with E-state index in [4.69, 9.17) is 29.1 Å². The molecule has 0 radical (unpaired) electrons. The minimum absolute atomic E-state index is 0.0291. The maximum absolute atomic E-state index is 16.0. The van der Waals surface area contributed by atoms with E-state index >= 15 is 28.8 Å². The van der Waals surface area contributed by atoms with E-state index in [2.05, 4.69) is 26.3 Å². The van der Waals surface area contributed by atoms with Crippen molar-refractivity contribution in [2.24, 2.45) is 11.7 Å². The van der Waals surface area contributed by atoms with E-state index in [0.717, 1.165) is 22.0 Å². The maximum atomic E-state index is 16.0. The zero-order valence-electron chi connectivity index (χ0n) is 49.5. The Labute approximate surface area is 518 Å². The summed E-state index contributed by atoms with van der Waals surface area (Å²) in [6.45, 7) is 3.62. The van der Waals surface area contributed by atoms with Crippen LogP contribution in [0.15, 0.2) is 185 Å². The second-order valence-electron chi connectivity index (χ2n) is 23.6. The van der Waals surface area contributed by atoms with Gasteiger partial charge in [0.1, 0.15) is 47.4 Å². The smallest absolute Gasteiger partial charge is 0.339 e. The number of para-hydroxylation sites is 1. The number of carbonyl (C=O) groups excluding carboxylic acids is 6. The minimum atomic E-state index is -1.92. The number of Topliss-reactive ketones (excluding diaryl/α,β-unsaturated/α-hetero) is 1. The number of aromatic amines is 1. The summed E-state index contributed by atoms with van der Waals surface area (Å²) in [5.41, 5.74) is 11.6. The summed E-state index contributed by atoms with van der Waals surface area (Å²) in [6, 6.07) is 43.7. The first-order valence-corrected chi connectivity index (χ1v) is 30.2. The van der Waals surface area contributed by atoms with E-state index in [0.29, 0.717) is 58.2 Å². The molecule has 90 heavy (non-hydrogen) atoms. The highest BCUT2D eigenvalue weighted by molar-refractivity contribution is 6.08. The predicted molar refractivity (Wildman–Crippen MR) is 336 cm³/mol. The number of hydrogen-bond acceptors (Lipinski definition) is 14. The largest absolute Gasteiger partial charge is 0.508 e. The SMILES string of the molecule is CC1(C)OC2O[C@@H]3C(OC(=O)c4ccccc4-c4c5ccc(=O)cc-5oc5cc(O)ccc45)C(=O)CC(Cc4ccccc4)C(=O)NC(Cc4c[nH]c5ccccc45)C(=O)NC(CCCCN)C(=O)NC(Cc4ccc(-c5ccccc5)cc4)C(=O)NC3C2O1. The zero-order valence-corrected chi connectivity index (χ0v) is 49.5. The van der Waals surface area contributed by atoms with Gasteiger partial charge >= 0.3 is 5.97 Å². The maximum Gasteiger partial charge on any atom is 0.339 e. The summed E-state index contributed by atoms with van der Waals surface area (Å²) < 4.78 is 32.2. The normalized spacial score (nSPS) is 23.1. The molecular weight excluding hydrogens is 1140 g/mol. The van der Waals surface area contributed by atoms with Crippen molar-refractivity contribution < 1.29 is 57.2 Å². The lowest BCUT2D eigenvalue weighted by atomic mass is 9.88. The van der Waals surface area contributed by atoms with E-state index in [1.165, 1.54) is 30.3 Å². The van der Waals surface area contributed by atoms with Crippen LogP contribution in [0.2, 0.25) is 0 Å². The first-order chi connectivity index (χ1) is 43.6. The topological polar surface area (TPSA) is 280 Å². The number of nitrogens with two attached hydrogens (primary N) is 1. The Bertz CT molecular complexity index is 4170. The highest BCUT2D eigenvalue weighted by atomic mass is 16.8. The number of H-pyrrole nitrogens is 1. The Morgan fingerprint density at radius 1 is 0.622 bits per heavy atom. The van der Waals surface area contributed by atoms with Gasteiger partial charge in [0.2, 0.25) is 23.6 Å². The fraction of sp³-hybridized carbons (Fsp3) is 0.282. The minimum Gasteiger partial charge on any atom is -0.508 e. The average molecular weight is 1210 g/mol. The van der Waals surface area contributed by atoms with Gasteiger partial charge in [-0.3, -0.25) is 28.8 Å². The van der Waals surface area contributed by atoms with Crippen molar-refractivity contribution in [3.8, 4) is 39.3 Å². The van der Waals surface area contributed by atoms with Gasteiger partial charge in [-0.25, -0.2) is 4.79 Å². The van der Waals surface area contributed by atoms with Crippen LogP contribution in [0.3, 0.4) is 0 Å². The fourth-order valence-corrected chi connectivity index (χ4v) is 12.5. The van der Waals surface area contributed by atoms with Crippen LogP contribution >= 0.6 is 0 Å². The van der Waals surface area contributed by atoms with Gasteiger partial charge in [-0.1, -0.05) is 121 Å². The molecule has 0 spiro atoms. The second-order valence-corrected chi connectivity index (χ2v) is 23.6. The van der Waals surface area contributed by atoms with Gasteiger partial charge in [-0.05, 0) is 116 Å². The zero-order chi connectivity index (χ0) is 62.6. The van der Waals surface area contributed by atoms with Gasteiger partial charge in [0.15, 0.2) is 29.4 Å². The molecule has 4 amide bonds. The number of ketones is 1. The fourth-order valence-electron chi connectivity index (χ4n) is 12.5. The molecule has 4 aliphatic heterocycles. The lowest BCUT2D eigenvalue weighted by molar-refractivity contribution is -0.216. The third-order valence-corrected chi connectivity index (χ3v) is 16.9. The second kappa shape index (κ2) is 26.1. The summed E-state index contributed by atoms with van der Waals surface area (Å²) >= 11 is 0. The lowest BCUT2D eigenvalue weighted by Crippen LogP contribution is -2.60. The van der Waals surface area contributed by atoms with E-state index in [1.807, 2.05) is 84.9 Å². The molecule has 5 heterocycles. The highest BCUT2D eigenvalue weighted by Crippen LogP contribution is 2.44. The Hall–Kier alpha value is -9.79. The van der Waals surface area contributed by atoms with Gasteiger partial charge in [-0.15, -0.1) is 0 Å². The Balaban J connectivity index is 0.984. The number of aromatic nitrogens is 1. The molecule has 460 valence electrons. The number of aromatic hydroxyl groups is 1. The predicted octanol–water partition coefficient (Wildman–Crippen LogP) is 8.21. The molecule has 6 aromatic carbocycles. The summed E-state index contributed by atoms with van der Waals surface area (Å²) in [5, 5.41) is 23.8. The molecule has 3 fully saturated rings. The number of fused-ring (bicyclic) bond motifs is 6. The lowest BCUT2D eigenvalue weighted by Gasteiger charge is -2.32. The van der Waals surface area contributed by atoms with Crippen molar-refractivity contribution in [3.63, 3.8) is 0 Å². The van der Waals surface area contributed by atoms with Crippen molar-refractivity contribution in [3.05, 3.63) is 209 Å². The summed E-state index contributed by atoms with van der Waals surface area (Å²) in [7, 11) is 0. The third kappa shape index (κ3) is 13.2. The third-order valence-electron chi connectivity index (χ3n) is 16.9. The number of nitrogens with one attached hydrogen (secondary N) is 5. The van der Waals surface area contributed by atoms with E-state index < -0.39 is 102 Å². The van der Waals surface area contributed by atoms with Crippen LogP contribution in [0.4, 0.5) is 0 Å². The number of amides is 4. The number of ether oxygens (including phenoxy) is 4. The number of phenols is 1. The Morgan fingerprint density at radius 3 is 2.08 bits per heavy atom. The molecule has 8 unspecified atom stereocenters. The van der Waals surface area contributed by atoms with Crippen molar-refractivity contribution in [2.45, 2.75) is 113 Å². The van der Waals surface area contributed by atoms with Crippen molar-refractivity contribution in [2.75, 3.05) is 6.54 Å². The van der Waals surface area contributed by atoms with Gasteiger partial charge in [0, 0.05) is 70.9 Å². The first kappa shape index (κ1) is 60.5. The van der Waals surface area contributed by atoms with Crippen LogP contribution in [-0.2, 0) is 62.2 Å². The molecule has 5 aliphatic rings. The van der Waals surface area contributed by atoms with Crippen molar-refractivity contribution in [1.82, 2.24) is 26.3 Å². The monoisotopic (exact) mass is 1210 g/mol. The number of rotatable bonds is 14. The number of benzene rings is 7. The van der Waals surface area contributed by atoms with Crippen LogP contribution in [0.5, 0.6) is 5.75 Å². The van der Waals surface area contributed by atoms with E-state index in [1.54, 1.807) is 74.6 Å². The molecule has 7 aromatic rings. The number of phenolic OH excluding ortho intramolecular Hbond substituents is 1. The van der Waals surface area contributed by atoms with Gasteiger partial charge < -0.3 is 60.5 Å². The van der Waals surface area contributed by atoms with Crippen molar-refractivity contribution in [1.29, 1.82) is 0 Å². The summed E-state index contributed by atoms with van der Waals surface area (Å²) in [4.78, 5) is 109. The summed E-state index contributed by atoms with van der Waals surface area (Å²) in [6.07, 6.45) is -3.82. The molecule has 0 bridgehead atoms. The first-order valence-electron chi connectivity index (χ1n) is 30.2. The molecule has 9 atom stereocenters. The van der Waals surface area contributed by atoms with Crippen LogP contribution in [0.1, 0.15) is 66.6 Å². The number of unbranched alkanes of at least 4 members (excludes halogenated alkanes) is 1. The summed E-state index contributed by atoms with van der Waals surface area (Å²) in [5.74, 6) is -7.11. The number of carbonyl (C=O) groups is 6. The molecule has 0 saturated carbocycles. The quantitative estimate of drug-likeness (QED) is 0.0307. The number of esters is 1. The Kier molecular flexibility index (Phi) is 17.6. The molecule has 1 aromatic heterocycles. The Morgan fingerprint density at radius 2 is 1.29 bits per heavy atom. The van der Waals surface area contributed by atoms with E-state index in [9.17, 15) is 9.90 Å². The number of hydrogen-bond donors (Lipinski definition) is 7. The standard InChI is InChI=1S/C71H68N6O13/c1-71(2)89-64-61-63(88-70(64)90-71)62(87-69(85)50-21-10-9-20-49(50)60-51-30-28-46(78)37-58(51)86-59-38-47(79)29-31-52(59)60)57(80)36-44(33-40-15-5-3-6-16-40)65(81)75-56(35-45-39-73-53-22-12-11-19-48(45)53)67(83)74-54(23-13-14-32-72)66(82)76-55(68(84)77-61)34-41-24-26-43(27-25-41)42-17-7-4-8-18-42/h3-12,15-22,24-31,37-39,44,54-56,61-64,70,73,78H,13-14,23,32-36,72H2,1-2H3,(H,74,83)(H,75,81)(H,76,82)(H,77,84)/t44?,54?,55?,56?,61?,62?,63-,64?,70?/m0/s1. The van der Waals surface area contributed by atoms with E-state index in [-0.39, 0.29) is 53.8 Å². The van der Waals surface area contributed by atoms with Crippen molar-refractivity contribution >= 4 is 57.3 Å². The van der Waals surface area contributed by atoms with Crippen LogP contribution in [0.25, 0.3) is 55.4 Å². The van der Waals surface area contributed by atoms with Gasteiger partial charge in [0.25, 0.3) is 0 Å². The van der Waals surface area contributed by atoms with Crippen LogP contribution in [0, 0.1) is 5.92 Å². The average Bonchev–Trinajstić information content (AvgIpc) is 1.25. The molecule has 19 nitrogen and oxygen atoms in total. The molecule has 8 N–H and O–H groups in total. The molecule has 12 rings (SSSR count). The molecule has 19 heteroatoms. The molecule has 1 aliphatic carbocycles. The molecular formula is C71H68N6O13. The van der Waals surface area contributed by atoms with Crippen LogP contribution in [-0.4, -0.2) is 107 Å². The molecule has 3 saturated heterocycles. The van der Waals surface area contributed by atoms with Gasteiger partial charge in [0.05, 0.1) is 11.6 Å². The van der Waals surface area contributed by atoms with Gasteiger partial charge in [-0.2, -0.15) is 0 Å². The highest BCUT2D eigenvalue weighted by Gasteiger charge is 2.59.